The largest absolute Gasteiger partial charge is 0.495 e. The summed E-state index contributed by atoms with van der Waals surface area (Å²) in [7, 11) is 1.68. The second kappa shape index (κ2) is 8.35. The highest BCUT2D eigenvalue weighted by molar-refractivity contribution is 6.30. The van der Waals surface area contributed by atoms with E-state index < -0.39 is 5.60 Å². The highest BCUT2D eigenvalue weighted by Crippen LogP contribution is 2.33. The predicted octanol–water partition coefficient (Wildman–Crippen LogP) is 2.40. The maximum atomic E-state index is 10.3. The van der Waals surface area contributed by atoms with Crippen LogP contribution in [0.25, 0.3) is 0 Å². The minimum absolute atomic E-state index is 0.285. The molecule has 0 radical (unpaired) electrons. The van der Waals surface area contributed by atoms with Crippen molar-refractivity contribution < 1.29 is 9.84 Å². The van der Waals surface area contributed by atoms with Crippen molar-refractivity contribution in [2.45, 2.75) is 44.2 Å². The standard InChI is InChI=1S/C19H29ClN4O2/c1-3-21-18(22-13-19(25)8-4-9-19)23-15-7-10-24(12-15)16-11-14(20)5-6-17(16)26-2/h5-6,11,15,25H,3-4,7-10,12-13H2,1-2H3,(H2,21,22,23). The van der Waals surface area contributed by atoms with E-state index in [1.165, 1.54) is 0 Å². The van der Waals surface area contributed by atoms with Gasteiger partial charge in [-0.2, -0.15) is 0 Å². The first-order valence-corrected chi connectivity index (χ1v) is 9.76. The number of benzene rings is 1. The third kappa shape index (κ3) is 4.54. The van der Waals surface area contributed by atoms with Crippen LogP contribution in [0.5, 0.6) is 5.75 Å². The van der Waals surface area contributed by atoms with E-state index in [4.69, 9.17) is 16.3 Å². The molecule has 0 amide bonds. The van der Waals surface area contributed by atoms with Crippen LogP contribution < -0.4 is 20.3 Å². The number of aliphatic hydroxyl groups is 1. The quantitative estimate of drug-likeness (QED) is 0.522. The second-order valence-electron chi connectivity index (χ2n) is 7.17. The van der Waals surface area contributed by atoms with E-state index in [0.29, 0.717) is 11.6 Å². The Morgan fingerprint density at radius 1 is 1.46 bits per heavy atom. The summed E-state index contributed by atoms with van der Waals surface area (Å²) in [6.07, 6.45) is 3.79. The van der Waals surface area contributed by atoms with Gasteiger partial charge < -0.3 is 25.4 Å². The van der Waals surface area contributed by atoms with Crippen molar-refractivity contribution in [2.75, 3.05) is 38.2 Å². The van der Waals surface area contributed by atoms with Gasteiger partial charge in [0.25, 0.3) is 0 Å². The summed E-state index contributed by atoms with van der Waals surface area (Å²) in [5.74, 6) is 1.61. The average Bonchev–Trinajstić information content (AvgIpc) is 3.06. The lowest BCUT2D eigenvalue weighted by molar-refractivity contribution is -0.0236. The summed E-state index contributed by atoms with van der Waals surface area (Å²) in [6, 6.07) is 5.99. The molecule has 0 spiro atoms. The number of guanidine groups is 1. The van der Waals surface area contributed by atoms with Crippen LogP contribution in [0.3, 0.4) is 0 Å². The highest BCUT2D eigenvalue weighted by atomic mass is 35.5. The van der Waals surface area contributed by atoms with Gasteiger partial charge in [0.05, 0.1) is 24.9 Å². The highest BCUT2D eigenvalue weighted by Gasteiger charge is 2.34. The van der Waals surface area contributed by atoms with Gasteiger partial charge in [-0.1, -0.05) is 11.6 Å². The third-order valence-electron chi connectivity index (χ3n) is 5.17. The first kappa shape index (κ1) is 19.1. The molecule has 2 aliphatic rings. The summed E-state index contributed by atoms with van der Waals surface area (Å²) >= 11 is 6.17. The fourth-order valence-electron chi connectivity index (χ4n) is 3.49. The van der Waals surface area contributed by atoms with Crippen molar-refractivity contribution in [3.8, 4) is 5.75 Å². The molecule has 3 rings (SSSR count). The minimum atomic E-state index is -0.599. The predicted molar refractivity (Wildman–Crippen MR) is 107 cm³/mol. The van der Waals surface area contributed by atoms with E-state index in [1.807, 2.05) is 25.1 Å². The lowest BCUT2D eigenvalue weighted by Gasteiger charge is -2.35. The number of nitrogens with one attached hydrogen (secondary N) is 2. The van der Waals surface area contributed by atoms with Crippen molar-refractivity contribution >= 4 is 23.2 Å². The fourth-order valence-corrected chi connectivity index (χ4v) is 3.66. The molecule has 1 aromatic rings. The Kier molecular flexibility index (Phi) is 6.14. The maximum absolute atomic E-state index is 10.3. The molecule has 1 atom stereocenters. The topological polar surface area (TPSA) is 69.1 Å². The fraction of sp³-hybridized carbons (Fsp3) is 0.632. The zero-order valence-corrected chi connectivity index (χ0v) is 16.4. The summed E-state index contributed by atoms with van der Waals surface area (Å²) in [5, 5.41) is 17.8. The molecule has 3 N–H and O–H groups in total. The van der Waals surface area contributed by atoms with Gasteiger partial charge in [0.2, 0.25) is 0 Å². The molecule has 2 fully saturated rings. The number of ether oxygens (including phenoxy) is 1. The molecular weight excluding hydrogens is 352 g/mol. The minimum Gasteiger partial charge on any atom is -0.495 e. The molecule has 26 heavy (non-hydrogen) atoms. The van der Waals surface area contributed by atoms with Gasteiger partial charge in [0.15, 0.2) is 5.96 Å². The van der Waals surface area contributed by atoms with Crippen molar-refractivity contribution in [3.05, 3.63) is 23.2 Å². The van der Waals surface area contributed by atoms with Gasteiger partial charge in [0, 0.05) is 30.7 Å². The van der Waals surface area contributed by atoms with Gasteiger partial charge in [-0.25, -0.2) is 0 Å². The molecule has 7 heteroatoms. The lowest BCUT2D eigenvalue weighted by atomic mass is 9.80. The number of hydrogen-bond donors (Lipinski definition) is 3. The van der Waals surface area contributed by atoms with E-state index in [0.717, 1.165) is 62.7 Å². The summed E-state index contributed by atoms with van der Waals surface area (Å²) in [5.41, 5.74) is 0.424. The van der Waals surface area contributed by atoms with Crippen LogP contribution in [-0.4, -0.2) is 56.0 Å². The normalized spacial score (nSPS) is 22.1. The molecule has 1 aliphatic carbocycles. The smallest absolute Gasteiger partial charge is 0.191 e. The number of aliphatic imine (C=N–C) groups is 1. The van der Waals surface area contributed by atoms with Crippen LogP contribution in [0.2, 0.25) is 5.02 Å². The lowest BCUT2D eigenvalue weighted by Crippen LogP contribution is -2.46. The number of nitrogens with zero attached hydrogens (tertiary/aromatic N) is 2. The van der Waals surface area contributed by atoms with Crippen LogP contribution in [0, 0.1) is 0 Å². The molecular formula is C19H29ClN4O2. The van der Waals surface area contributed by atoms with Gasteiger partial charge in [-0.05, 0) is 50.8 Å². The summed E-state index contributed by atoms with van der Waals surface area (Å²) in [6.45, 7) is 5.08. The molecule has 0 aromatic heterocycles. The van der Waals surface area contributed by atoms with Crippen LogP contribution in [-0.2, 0) is 0 Å². The van der Waals surface area contributed by atoms with E-state index in [-0.39, 0.29) is 6.04 Å². The number of rotatable bonds is 6. The Hall–Kier alpha value is -1.66. The molecule has 1 aromatic carbocycles. The Morgan fingerprint density at radius 3 is 2.92 bits per heavy atom. The molecule has 1 saturated carbocycles. The van der Waals surface area contributed by atoms with Gasteiger partial charge >= 0.3 is 0 Å². The molecule has 6 nitrogen and oxygen atoms in total. The van der Waals surface area contributed by atoms with E-state index >= 15 is 0 Å². The molecule has 1 unspecified atom stereocenters. The average molecular weight is 381 g/mol. The molecule has 144 valence electrons. The summed E-state index contributed by atoms with van der Waals surface area (Å²) < 4.78 is 5.48. The number of anilines is 1. The first-order valence-electron chi connectivity index (χ1n) is 9.39. The number of methoxy groups -OCH3 is 1. The Labute approximate surface area is 160 Å². The monoisotopic (exact) mass is 380 g/mol. The first-order chi connectivity index (χ1) is 12.5. The molecule has 1 saturated heterocycles. The SMILES string of the molecule is CCNC(=NCC1(O)CCC1)NC1CCN(c2cc(Cl)ccc2OC)C1. The Morgan fingerprint density at radius 2 is 2.27 bits per heavy atom. The molecule has 1 aliphatic heterocycles. The molecule has 0 bridgehead atoms. The Balaban J connectivity index is 1.62. The van der Waals surface area contributed by atoms with Crippen LogP contribution in [0.15, 0.2) is 23.2 Å². The summed E-state index contributed by atoms with van der Waals surface area (Å²) in [4.78, 5) is 6.88. The van der Waals surface area contributed by atoms with Gasteiger partial charge in [-0.15, -0.1) is 0 Å². The van der Waals surface area contributed by atoms with Gasteiger partial charge in [-0.3, -0.25) is 4.99 Å². The third-order valence-corrected chi connectivity index (χ3v) is 5.41. The maximum Gasteiger partial charge on any atom is 0.191 e. The number of halogens is 1. The zero-order valence-electron chi connectivity index (χ0n) is 15.6. The van der Waals surface area contributed by atoms with Crippen LogP contribution in [0.1, 0.15) is 32.6 Å². The van der Waals surface area contributed by atoms with Crippen LogP contribution in [0.4, 0.5) is 5.69 Å². The van der Waals surface area contributed by atoms with Crippen molar-refractivity contribution in [2.24, 2.45) is 4.99 Å². The van der Waals surface area contributed by atoms with Crippen molar-refractivity contribution in [1.29, 1.82) is 0 Å². The van der Waals surface area contributed by atoms with E-state index in [2.05, 4.69) is 20.5 Å². The van der Waals surface area contributed by atoms with Gasteiger partial charge in [0.1, 0.15) is 5.75 Å². The van der Waals surface area contributed by atoms with E-state index in [9.17, 15) is 5.11 Å². The number of hydrogen-bond acceptors (Lipinski definition) is 4. The van der Waals surface area contributed by atoms with Crippen LogP contribution >= 0.6 is 11.6 Å². The zero-order chi connectivity index (χ0) is 18.6. The second-order valence-corrected chi connectivity index (χ2v) is 7.60. The van der Waals surface area contributed by atoms with E-state index in [1.54, 1.807) is 7.11 Å². The van der Waals surface area contributed by atoms with Crippen molar-refractivity contribution in [1.82, 2.24) is 10.6 Å². The molecule has 1 heterocycles. The van der Waals surface area contributed by atoms with Crippen molar-refractivity contribution in [3.63, 3.8) is 0 Å². The Bertz CT molecular complexity index is 648.